The molecule has 2 heterocycles. The van der Waals surface area contributed by atoms with E-state index in [-0.39, 0.29) is 6.04 Å². The van der Waals surface area contributed by atoms with Crippen LogP contribution in [-0.4, -0.2) is 20.2 Å². The molecular weight excluding hydrogens is 440 g/mol. The van der Waals surface area contributed by atoms with Gasteiger partial charge < -0.3 is 14.7 Å². The number of rotatable bonds is 5. The lowest BCUT2D eigenvalue weighted by Crippen LogP contribution is -2.45. The lowest BCUT2D eigenvalue weighted by atomic mass is 9.94. The van der Waals surface area contributed by atoms with Crippen LogP contribution in [0.5, 0.6) is 0 Å². The van der Waals surface area contributed by atoms with Gasteiger partial charge in [0.1, 0.15) is 0 Å². The van der Waals surface area contributed by atoms with Crippen LogP contribution in [0.4, 0.5) is 0 Å². The number of nitrogens with one attached hydrogen (secondary N) is 1. The average Bonchev–Trinajstić information content (AvgIpc) is 3.32. The first-order chi connectivity index (χ1) is 16.5. The van der Waals surface area contributed by atoms with E-state index >= 15 is 0 Å². The largest absolute Gasteiger partial charge is 0.351 e. The molecule has 1 unspecified atom stereocenters. The van der Waals surface area contributed by atoms with Crippen molar-refractivity contribution in [2.75, 3.05) is 0 Å². The van der Waals surface area contributed by atoms with Gasteiger partial charge in [-0.1, -0.05) is 95.1 Å². The number of hydrogen-bond acceptors (Lipinski definition) is 4. The average molecular weight is 467 g/mol. The Morgan fingerprint density at radius 2 is 1.68 bits per heavy atom. The molecule has 1 aromatic heterocycles. The van der Waals surface area contributed by atoms with Crippen LogP contribution in [0, 0.1) is 13.8 Å². The number of benzene rings is 3. The zero-order chi connectivity index (χ0) is 23.7. The summed E-state index contributed by atoms with van der Waals surface area (Å²) in [6.45, 7) is 6.89. The van der Waals surface area contributed by atoms with Crippen molar-refractivity contribution in [3.63, 3.8) is 0 Å². The molecule has 0 fully saturated rings. The van der Waals surface area contributed by atoms with Gasteiger partial charge in [0.25, 0.3) is 5.89 Å². The summed E-state index contributed by atoms with van der Waals surface area (Å²) in [5.74, 6) is 1.06. The molecular formula is C28H26N4OS. The topological polar surface area (TPSA) is 54.2 Å². The standard InChI is InChI=1S/C28H26N4OS/c1-18-12-14-23(15-13-18)26-30-27(33-31-26)24-20(3)32(17-21-9-7-8-19(2)16-21)28(34)29-25(24)22-10-5-4-6-11-22/h4-16,25H,17H2,1-3H3,(H,29,34). The van der Waals surface area contributed by atoms with Crippen molar-refractivity contribution in [1.29, 1.82) is 0 Å². The Bertz CT molecular complexity index is 1360. The van der Waals surface area contributed by atoms with Gasteiger partial charge in [-0.2, -0.15) is 4.98 Å². The van der Waals surface area contributed by atoms with Crippen molar-refractivity contribution in [3.05, 3.63) is 113 Å². The third kappa shape index (κ3) is 4.37. The van der Waals surface area contributed by atoms with Crippen molar-refractivity contribution >= 4 is 22.9 Å². The number of allylic oxidation sites excluding steroid dienone is 1. The number of aromatic nitrogens is 2. The molecule has 170 valence electrons. The normalized spacial score (nSPS) is 16.0. The van der Waals surface area contributed by atoms with Crippen molar-refractivity contribution in [1.82, 2.24) is 20.4 Å². The predicted octanol–water partition coefficient (Wildman–Crippen LogP) is 6.22. The quantitative estimate of drug-likeness (QED) is 0.353. The smallest absolute Gasteiger partial charge is 0.258 e. The number of thiocarbonyl (C=S) groups is 1. The minimum absolute atomic E-state index is 0.186. The van der Waals surface area contributed by atoms with Gasteiger partial charge in [0.15, 0.2) is 5.11 Å². The fourth-order valence-electron chi connectivity index (χ4n) is 4.29. The fraction of sp³-hybridized carbons (Fsp3) is 0.179. The van der Waals surface area contributed by atoms with Crippen LogP contribution in [0.1, 0.15) is 41.1 Å². The van der Waals surface area contributed by atoms with Gasteiger partial charge in [0, 0.05) is 17.8 Å². The molecule has 3 aromatic carbocycles. The molecule has 0 aliphatic carbocycles. The Morgan fingerprint density at radius 1 is 0.912 bits per heavy atom. The van der Waals surface area contributed by atoms with E-state index in [9.17, 15) is 0 Å². The SMILES string of the molecule is CC1=C(c2nc(-c3ccc(C)cc3)no2)C(c2ccccc2)NC(=S)N1Cc1cccc(C)c1. The van der Waals surface area contributed by atoms with Crippen LogP contribution in [-0.2, 0) is 6.54 Å². The molecule has 0 saturated heterocycles. The summed E-state index contributed by atoms with van der Waals surface area (Å²) in [4.78, 5) is 6.90. The van der Waals surface area contributed by atoms with Crippen LogP contribution < -0.4 is 5.32 Å². The van der Waals surface area contributed by atoms with Crippen LogP contribution in [0.3, 0.4) is 0 Å². The van der Waals surface area contributed by atoms with Gasteiger partial charge in [-0.15, -0.1) is 0 Å². The van der Waals surface area contributed by atoms with Crippen LogP contribution >= 0.6 is 12.2 Å². The van der Waals surface area contributed by atoms with Gasteiger partial charge >= 0.3 is 0 Å². The first-order valence-corrected chi connectivity index (χ1v) is 11.7. The minimum Gasteiger partial charge on any atom is -0.351 e. The van der Waals surface area contributed by atoms with Gasteiger partial charge in [-0.25, -0.2) is 0 Å². The molecule has 4 aromatic rings. The minimum atomic E-state index is -0.186. The maximum absolute atomic E-state index is 5.83. The van der Waals surface area contributed by atoms with Gasteiger partial charge in [-0.3, -0.25) is 0 Å². The Kier molecular flexibility index (Phi) is 5.99. The summed E-state index contributed by atoms with van der Waals surface area (Å²) in [5.41, 5.74) is 7.53. The molecule has 5 rings (SSSR count). The van der Waals surface area contributed by atoms with Crippen LogP contribution in [0.25, 0.3) is 17.0 Å². The zero-order valence-electron chi connectivity index (χ0n) is 19.4. The molecule has 5 nitrogen and oxygen atoms in total. The number of nitrogens with zero attached hydrogens (tertiary/aromatic N) is 3. The Morgan fingerprint density at radius 3 is 2.41 bits per heavy atom. The van der Waals surface area contributed by atoms with E-state index in [0.29, 0.717) is 23.4 Å². The van der Waals surface area contributed by atoms with Crippen LogP contribution in [0.2, 0.25) is 0 Å². The van der Waals surface area contributed by atoms with Gasteiger partial charge in [0.2, 0.25) is 5.82 Å². The Labute approximate surface area is 205 Å². The predicted molar refractivity (Wildman–Crippen MR) is 139 cm³/mol. The first kappa shape index (κ1) is 22.0. The molecule has 0 amide bonds. The van der Waals surface area contributed by atoms with Crippen LogP contribution in [0.15, 0.2) is 89.1 Å². The molecule has 0 saturated carbocycles. The lowest BCUT2D eigenvalue weighted by molar-refractivity contribution is 0.396. The maximum Gasteiger partial charge on any atom is 0.258 e. The highest BCUT2D eigenvalue weighted by molar-refractivity contribution is 7.80. The molecule has 34 heavy (non-hydrogen) atoms. The second-order valence-electron chi connectivity index (χ2n) is 8.66. The van der Waals surface area contributed by atoms with Crippen molar-refractivity contribution < 1.29 is 4.52 Å². The second kappa shape index (κ2) is 9.23. The second-order valence-corrected chi connectivity index (χ2v) is 9.04. The number of hydrogen-bond donors (Lipinski definition) is 1. The zero-order valence-corrected chi connectivity index (χ0v) is 20.3. The fourth-order valence-corrected chi connectivity index (χ4v) is 4.61. The van der Waals surface area contributed by atoms with E-state index in [0.717, 1.165) is 22.4 Å². The number of aryl methyl sites for hydroxylation is 2. The molecule has 1 aliphatic heterocycles. The summed E-state index contributed by atoms with van der Waals surface area (Å²) in [5, 5.41) is 8.49. The molecule has 6 heteroatoms. The van der Waals surface area contributed by atoms with Crippen molar-refractivity contribution in [3.8, 4) is 11.4 Å². The van der Waals surface area contributed by atoms with E-state index in [2.05, 4.69) is 72.5 Å². The molecule has 0 bridgehead atoms. The van der Waals surface area contributed by atoms with E-state index in [1.54, 1.807) is 0 Å². The summed E-state index contributed by atoms with van der Waals surface area (Å²) in [6.07, 6.45) is 0. The van der Waals surface area contributed by atoms with E-state index < -0.39 is 0 Å². The summed E-state index contributed by atoms with van der Waals surface area (Å²) < 4.78 is 5.83. The maximum atomic E-state index is 5.83. The highest BCUT2D eigenvalue weighted by Crippen LogP contribution is 2.38. The van der Waals surface area contributed by atoms with E-state index in [1.807, 2.05) is 42.5 Å². The Hall–Kier alpha value is -3.77. The molecule has 1 N–H and O–H groups in total. The first-order valence-electron chi connectivity index (χ1n) is 11.3. The highest BCUT2D eigenvalue weighted by Gasteiger charge is 2.34. The molecule has 1 atom stereocenters. The summed E-state index contributed by atoms with van der Waals surface area (Å²) in [6, 6.07) is 26.6. The lowest BCUT2D eigenvalue weighted by Gasteiger charge is -2.37. The Balaban J connectivity index is 1.59. The monoisotopic (exact) mass is 466 g/mol. The highest BCUT2D eigenvalue weighted by atomic mass is 32.1. The van der Waals surface area contributed by atoms with E-state index in [1.165, 1.54) is 16.7 Å². The molecule has 0 radical (unpaired) electrons. The molecule has 1 aliphatic rings. The van der Waals surface area contributed by atoms with E-state index in [4.69, 9.17) is 21.7 Å². The molecule has 0 spiro atoms. The van der Waals surface area contributed by atoms with Crippen molar-refractivity contribution in [2.24, 2.45) is 0 Å². The third-order valence-electron chi connectivity index (χ3n) is 6.12. The summed E-state index contributed by atoms with van der Waals surface area (Å²) >= 11 is 5.82. The van der Waals surface area contributed by atoms with Gasteiger partial charge in [0.05, 0.1) is 11.6 Å². The van der Waals surface area contributed by atoms with Gasteiger partial charge in [-0.05, 0) is 44.1 Å². The third-order valence-corrected chi connectivity index (χ3v) is 6.46. The van der Waals surface area contributed by atoms with Crippen molar-refractivity contribution in [2.45, 2.75) is 33.4 Å². The summed E-state index contributed by atoms with van der Waals surface area (Å²) in [7, 11) is 0.